The van der Waals surface area contributed by atoms with Gasteiger partial charge in [0.2, 0.25) is 0 Å². The summed E-state index contributed by atoms with van der Waals surface area (Å²) in [5.74, 6) is -0.659. The van der Waals surface area contributed by atoms with E-state index in [2.05, 4.69) is 32.9 Å². The lowest BCUT2D eigenvalue weighted by Gasteiger charge is -2.29. The number of aromatic nitrogens is 3. The second kappa shape index (κ2) is 8.17. The van der Waals surface area contributed by atoms with Gasteiger partial charge >= 0.3 is 11.8 Å². The van der Waals surface area contributed by atoms with Crippen molar-refractivity contribution >= 4 is 39.7 Å². The molecular weight excluding hydrogens is 506 g/mol. The molecule has 4 rings (SSSR count). The van der Waals surface area contributed by atoms with Crippen LogP contribution < -0.4 is 16.6 Å². The van der Waals surface area contributed by atoms with Crippen molar-refractivity contribution in [2.75, 3.05) is 0 Å². The summed E-state index contributed by atoms with van der Waals surface area (Å²) in [5, 5.41) is 11.4. The Morgan fingerprint density at radius 1 is 1.20 bits per heavy atom. The quantitative estimate of drug-likeness (QED) is 0.513. The zero-order chi connectivity index (χ0) is 21.4. The summed E-state index contributed by atoms with van der Waals surface area (Å²) < 4.78 is 17.3. The molecule has 0 spiro atoms. The maximum absolute atomic E-state index is 13.9. The number of pyridine rings is 1. The lowest BCUT2D eigenvalue weighted by molar-refractivity contribution is 0.182. The van der Waals surface area contributed by atoms with E-state index in [1.165, 1.54) is 9.13 Å². The molecule has 1 aliphatic rings. The van der Waals surface area contributed by atoms with Gasteiger partial charge < -0.3 is 10.4 Å². The summed E-state index contributed by atoms with van der Waals surface area (Å²) in [6, 6.07) is 7.66. The molecule has 2 N–H and O–H groups in total. The molecule has 30 heavy (non-hydrogen) atoms. The molecule has 2 heterocycles. The lowest BCUT2D eigenvalue weighted by atomic mass is 9.91. The van der Waals surface area contributed by atoms with Crippen molar-refractivity contribution in [2.24, 2.45) is 0 Å². The fourth-order valence-electron chi connectivity index (χ4n) is 4.01. The van der Waals surface area contributed by atoms with Crippen LogP contribution in [0.15, 0.2) is 46.1 Å². The van der Waals surface area contributed by atoms with Crippen molar-refractivity contribution in [1.82, 2.24) is 19.4 Å². The molecule has 1 aromatic carbocycles. The predicted octanol–water partition coefficient (Wildman–Crippen LogP) is 3.04. The topological polar surface area (TPSA) is 106 Å². The lowest BCUT2D eigenvalue weighted by Crippen LogP contribution is -2.45. The SMILES string of the molecule is O=C(O)NC1CCC(n2c(=O)c3cc(F)cnc3n(-c3cccc(I)c3)c2=O)CC1. The van der Waals surface area contributed by atoms with Crippen LogP contribution in [0.4, 0.5) is 9.18 Å². The Balaban J connectivity index is 1.88. The number of amides is 1. The number of benzene rings is 1. The molecule has 1 saturated carbocycles. The first-order valence-corrected chi connectivity index (χ1v) is 10.5. The Kier molecular flexibility index (Phi) is 5.58. The summed E-state index contributed by atoms with van der Waals surface area (Å²) in [4.78, 5) is 41.5. The highest BCUT2D eigenvalue weighted by Crippen LogP contribution is 2.27. The number of carbonyl (C=O) groups is 1. The number of fused-ring (bicyclic) bond motifs is 1. The van der Waals surface area contributed by atoms with Crippen molar-refractivity contribution in [3.8, 4) is 5.69 Å². The first-order chi connectivity index (χ1) is 14.3. The van der Waals surface area contributed by atoms with Gasteiger partial charge in [-0.2, -0.15) is 0 Å². The molecule has 1 fully saturated rings. The Labute approximate surface area is 183 Å². The summed E-state index contributed by atoms with van der Waals surface area (Å²) in [5.41, 5.74) is -0.487. The van der Waals surface area contributed by atoms with E-state index >= 15 is 0 Å². The van der Waals surface area contributed by atoms with Crippen LogP contribution in [-0.2, 0) is 0 Å². The van der Waals surface area contributed by atoms with E-state index < -0.39 is 29.2 Å². The van der Waals surface area contributed by atoms with Crippen molar-refractivity contribution in [2.45, 2.75) is 37.8 Å². The summed E-state index contributed by atoms with van der Waals surface area (Å²) >= 11 is 2.12. The van der Waals surface area contributed by atoms with E-state index in [-0.39, 0.29) is 17.1 Å². The van der Waals surface area contributed by atoms with Crippen LogP contribution in [0.2, 0.25) is 0 Å². The highest BCUT2D eigenvalue weighted by Gasteiger charge is 2.27. The van der Waals surface area contributed by atoms with Crippen molar-refractivity contribution in [3.63, 3.8) is 0 Å². The minimum absolute atomic E-state index is 0.0271. The Hall–Kier alpha value is -2.76. The van der Waals surface area contributed by atoms with Gasteiger partial charge in [-0.1, -0.05) is 6.07 Å². The monoisotopic (exact) mass is 524 g/mol. The predicted molar refractivity (Wildman–Crippen MR) is 117 cm³/mol. The van der Waals surface area contributed by atoms with Crippen LogP contribution in [0.3, 0.4) is 0 Å². The van der Waals surface area contributed by atoms with Gasteiger partial charge in [-0.3, -0.25) is 9.36 Å². The largest absolute Gasteiger partial charge is 0.465 e. The third kappa shape index (κ3) is 3.83. The molecule has 0 saturated heterocycles. The minimum atomic E-state index is -1.09. The van der Waals surface area contributed by atoms with Crippen LogP contribution >= 0.6 is 22.6 Å². The van der Waals surface area contributed by atoms with Gasteiger partial charge in [-0.15, -0.1) is 0 Å². The number of carboxylic acid groups (broad SMARTS) is 1. The molecule has 10 heteroatoms. The first-order valence-electron chi connectivity index (χ1n) is 9.43. The highest BCUT2D eigenvalue weighted by molar-refractivity contribution is 14.1. The van der Waals surface area contributed by atoms with E-state index in [1.54, 1.807) is 18.2 Å². The molecular formula is C20H18FIN4O4. The fourth-order valence-corrected chi connectivity index (χ4v) is 4.53. The number of hydrogen-bond donors (Lipinski definition) is 2. The fraction of sp³-hybridized carbons (Fsp3) is 0.300. The van der Waals surface area contributed by atoms with Crippen LogP contribution in [0.5, 0.6) is 0 Å². The zero-order valence-electron chi connectivity index (χ0n) is 15.7. The van der Waals surface area contributed by atoms with Gasteiger partial charge in [-0.25, -0.2) is 23.5 Å². The molecule has 0 bridgehead atoms. The van der Waals surface area contributed by atoms with Crippen LogP contribution in [0.1, 0.15) is 31.7 Å². The van der Waals surface area contributed by atoms with Crippen LogP contribution in [0.25, 0.3) is 16.7 Å². The Morgan fingerprint density at radius 2 is 1.93 bits per heavy atom. The molecule has 1 aliphatic carbocycles. The number of hydrogen-bond acceptors (Lipinski definition) is 4. The molecule has 2 aromatic heterocycles. The van der Waals surface area contributed by atoms with Gasteiger partial charge in [0.1, 0.15) is 5.82 Å². The van der Waals surface area contributed by atoms with Gasteiger partial charge in [-0.05, 0) is 72.5 Å². The average molecular weight is 524 g/mol. The van der Waals surface area contributed by atoms with Gasteiger partial charge in [0.25, 0.3) is 5.56 Å². The maximum atomic E-state index is 13.9. The van der Waals surface area contributed by atoms with Crippen LogP contribution in [-0.4, -0.2) is 31.4 Å². The summed E-state index contributed by atoms with van der Waals surface area (Å²) in [6.07, 6.45) is 1.82. The molecule has 0 radical (unpaired) electrons. The van der Waals surface area contributed by atoms with E-state index in [9.17, 15) is 18.8 Å². The average Bonchev–Trinajstić information content (AvgIpc) is 2.70. The molecule has 0 atom stereocenters. The van der Waals surface area contributed by atoms with Gasteiger partial charge in [0.05, 0.1) is 17.3 Å². The number of nitrogens with zero attached hydrogens (tertiary/aromatic N) is 3. The van der Waals surface area contributed by atoms with E-state index in [1.807, 2.05) is 6.07 Å². The summed E-state index contributed by atoms with van der Waals surface area (Å²) in [7, 11) is 0. The first kappa shape index (κ1) is 20.5. The standard InChI is InChI=1S/C20H18FIN4O4/c21-11-8-16-17(23-10-11)25(15-3-1-2-12(22)9-15)20(30)26(18(16)27)14-6-4-13(5-7-14)24-19(28)29/h1-3,8-10,13-14,24H,4-7H2,(H,28,29). The Bertz CT molecular complexity index is 1250. The molecule has 3 aromatic rings. The highest BCUT2D eigenvalue weighted by atomic mass is 127. The van der Waals surface area contributed by atoms with Gasteiger partial charge in [0, 0.05) is 15.7 Å². The number of halogens is 2. The van der Waals surface area contributed by atoms with Crippen molar-refractivity contribution in [1.29, 1.82) is 0 Å². The van der Waals surface area contributed by atoms with E-state index in [4.69, 9.17) is 5.11 Å². The van der Waals surface area contributed by atoms with Crippen molar-refractivity contribution < 1.29 is 14.3 Å². The third-order valence-electron chi connectivity index (χ3n) is 5.35. The second-order valence-electron chi connectivity index (χ2n) is 7.25. The number of nitrogens with one attached hydrogen (secondary N) is 1. The smallest absolute Gasteiger partial charge is 0.404 e. The minimum Gasteiger partial charge on any atom is -0.465 e. The van der Waals surface area contributed by atoms with Gasteiger partial charge in [0.15, 0.2) is 5.65 Å². The van der Waals surface area contributed by atoms with E-state index in [0.29, 0.717) is 31.4 Å². The maximum Gasteiger partial charge on any atom is 0.404 e. The molecule has 0 aliphatic heterocycles. The molecule has 156 valence electrons. The molecule has 1 amide bonds. The van der Waals surface area contributed by atoms with E-state index in [0.717, 1.165) is 15.8 Å². The second-order valence-corrected chi connectivity index (χ2v) is 8.50. The van der Waals surface area contributed by atoms with Crippen LogP contribution in [0, 0.1) is 9.39 Å². The number of rotatable bonds is 3. The van der Waals surface area contributed by atoms with Crippen molar-refractivity contribution in [3.05, 3.63) is 66.8 Å². The summed E-state index contributed by atoms with van der Waals surface area (Å²) in [6.45, 7) is 0. The normalized spacial score (nSPS) is 19.0. The Morgan fingerprint density at radius 3 is 2.60 bits per heavy atom. The molecule has 0 unspecified atom stereocenters. The third-order valence-corrected chi connectivity index (χ3v) is 6.02. The zero-order valence-corrected chi connectivity index (χ0v) is 17.9. The molecule has 8 nitrogen and oxygen atoms in total.